The van der Waals surface area contributed by atoms with E-state index in [9.17, 15) is 19.7 Å². The quantitative estimate of drug-likeness (QED) is 0.378. The second-order valence-electron chi connectivity index (χ2n) is 9.00. The second-order valence-corrected chi connectivity index (χ2v) is 9.00. The summed E-state index contributed by atoms with van der Waals surface area (Å²) in [6.07, 6.45) is 3.33. The summed E-state index contributed by atoms with van der Waals surface area (Å²) in [6, 6.07) is 9.87. The van der Waals surface area contributed by atoms with Crippen LogP contribution in [0.15, 0.2) is 65.8 Å². The lowest BCUT2D eigenvalue weighted by Gasteiger charge is -2.32. The first-order valence-electron chi connectivity index (χ1n) is 10.8. The van der Waals surface area contributed by atoms with E-state index in [4.69, 9.17) is 4.74 Å². The van der Waals surface area contributed by atoms with E-state index in [2.05, 4.69) is 15.6 Å². The number of nitrogens with one attached hydrogen (secondary N) is 2. The fourth-order valence-electron chi connectivity index (χ4n) is 3.98. The molecule has 1 aromatic carbocycles. The van der Waals surface area contributed by atoms with Gasteiger partial charge in [0.05, 0.1) is 4.92 Å². The van der Waals surface area contributed by atoms with Crippen molar-refractivity contribution in [3.63, 3.8) is 0 Å². The number of nitro benzene ring substituents is 1. The van der Waals surface area contributed by atoms with Gasteiger partial charge in [0.1, 0.15) is 12.1 Å². The first-order valence-corrected chi connectivity index (χ1v) is 10.8. The first-order chi connectivity index (χ1) is 16.0. The maximum atomic E-state index is 13.4. The van der Waals surface area contributed by atoms with Gasteiger partial charge < -0.3 is 15.4 Å². The zero-order valence-corrected chi connectivity index (χ0v) is 19.8. The number of benzene rings is 1. The molecular formula is C25H28N4O5. The molecule has 0 fully saturated rings. The molecule has 1 atom stereocenters. The summed E-state index contributed by atoms with van der Waals surface area (Å²) < 4.78 is 5.29. The van der Waals surface area contributed by atoms with Gasteiger partial charge in [0, 0.05) is 47.4 Å². The Hall–Kier alpha value is -4.01. The fourth-order valence-corrected chi connectivity index (χ4v) is 3.98. The molecule has 9 heteroatoms. The van der Waals surface area contributed by atoms with E-state index in [1.54, 1.807) is 58.3 Å². The zero-order chi connectivity index (χ0) is 25.0. The van der Waals surface area contributed by atoms with E-state index in [1.807, 2.05) is 13.0 Å². The molecule has 2 heterocycles. The van der Waals surface area contributed by atoms with Gasteiger partial charge in [-0.15, -0.1) is 0 Å². The number of rotatable bonds is 6. The van der Waals surface area contributed by atoms with Gasteiger partial charge in [0.15, 0.2) is 0 Å². The minimum absolute atomic E-state index is 0.0783. The smallest absolute Gasteiger partial charge is 0.325 e. The van der Waals surface area contributed by atoms with Crippen LogP contribution in [0.5, 0.6) is 0 Å². The monoisotopic (exact) mass is 464 g/mol. The van der Waals surface area contributed by atoms with Crippen LogP contribution in [0.25, 0.3) is 5.57 Å². The molecule has 1 unspecified atom stereocenters. The molecule has 1 aromatic heterocycles. The van der Waals surface area contributed by atoms with Crippen molar-refractivity contribution in [1.29, 1.82) is 0 Å². The number of aromatic nitrogens is 1. The van der Waals surface area contributed by atoms with Crippen molar-refractivity contribution >= 4 is 23.1 Å². The van der Waals surface area contributed by atoms with Gasteiger partial charge in [-0.1, -0.05) is 18.2 Å². The number of pyridine rings is 1. The van der Waals surface area contributed by atoms with Gasteiger partial charge >= 0.3 is 5.97 Å². The Balaban J connectivity index is 2.05. The highest BCUT2D eigenvalue weighted by Crippen LogP contribution is 2.43. The highest BCUT2D eigenvalue weighted by Gasteiger charge is 2.34. The molecule has 3 rings (SSSR count). The van der Waals surface area contributed by atoms with Crippen LogP contribution >= 0.6 is 0 Å². The minimum atomic E-state index is -0.678. The molecule has 34 heavy (non-hydrogen) atoms. The maximum absolute atomic E-state index is 13.4. The van der Waals surface area contributed by atoms with Crippen molar-refractivity contribution in [2.24, 2.45) is 0 Å². The van der Waals surface area contributed by atoms with E-state index in [1.165, 1.54) is 12.1 Å². The van der Waals surface area contributed by atoms with Crippen molar-refractivity contribution in [2.45, 2.75) is 46.1 Å². The third-order valence-corrected chi connectivity index (χ3v) is 5.21. The van der Waals surface area contributed by atoms with Crippen LogP contribution in [0.4, 0.5) is 5.69 Å². The lowest BCUT2D eigenvalue weighted by atomic mass is 9.77. The number of ether oxygens (including phenoxy) is 1. The number of allylic oxidation sites excluding steroid dienone is 3. The average Bonchev–Trinajstić information content (AvgIpc) is 2.76. The Bertz CT molecular complexity index is 1180. The number of nitrogens with zero attached hydrogens (tertiary/aromatic N) is 2. The summed E-state index contributed by atoms with van der Waals surface area (Å²) in [5.41, 5.74) is 3.10. The van der Waals surface area contributed by atoms with Crippen LogP contribution in [0.2, 0.25) is 0 Å². The van der Waals surface area contributed by atoms with Gasteiger partial charge in [-0.25, -0.2) is 0 Å². The summed E-state index contributed by atoms with van der Waals surface area (Å²) in [5.74, 6) is -1.65. The maximum Gasteiger partial charge on any atom is 0.325 e. The van der Waals surface area contributed by atoms with Crippen LogP contribution in [0.1, 0.15) is 51.7 Å². The number of amides is 1. The van der Waals surface area contributed by atoms with Crippen LogP contribution in [0.3, 0.4) is 0 Å². The molecule has 1 amide bonds. The Morgan fingerprint density at radius 2 is 1.91 bits per heavy atom. The topological polar surface area (TPSA) is 123 Å². The number of carbonyl (C=O) groups excluding carboxylic acids is 2. The third-order valence-electron chi connectivity index (χ3n) is 5.21. The first kappa shape index (κ1) is 24.6. The molecule has 2 N–H and O–H groups in total. The highest BCUT2D eigenvalue weighted by molar-refractivity contribution is 6.01. The van der Waals surface area contributed by atoms with Crippen molar-refractivity contribution < 1.29 is 19.2 Å². The standard InChI is InChI=1S/C25H28N4O5/c1-15-21(18-9-7-11-26-13-18)23(17-8-6-10-19(12-17)29(32)33)22(16(2)28-15)24(31)27-14-20(30)34-25(3,4)5/h6-13,23,28H,14H2,1-5H3,(H,27,31). The molecule has 1 aliphatic rings. The Morgan fingerprint density at radius 1 is 1.18 bits per heavy atom. The number of nitro groups is 1. The van der Waals surface area contributed by atoms with Gasteiger partial charge in [-0.2, -0.15) is 0 Å². The van der Waals surface area contributed by atoms with Crippen LogP contribution in [0, 0.1) is 10.1 Å². The molecule has 0 spiro atoms. The minimum Gasteiger partial charge on any atom is -0.459 e. The van der Waals surface area contributed by atoms with Crippen LogP contribution in [-0.4, -0.2) is 33.9 Å². The molecule has 0 saturated carbocycles. The van der Waals surface area contributed by atoms with Gasteiger partial charge in [0.2, 0.25) is 5.91 Å². The van der Waals surface area contributed by atoms with Crippen molar-refractivity contribution in [3.05, 3.63) is 87.0 Å². The van der Waals surface area contributed by atoms with Crippen LogP contribution < -0.4 is 10.6 Å². The van der Waals surface area contributed by atoms with E-state index in [0.29, 0.717) is 16.8 Å². The number of carbonyl (C=O) groups is 2. The third kappa shape index (κ3) is 5.67. The predicted octanol–water partition coefficient (Wildman–Crippen LogP) is 3.84. The van der Waals surface area contributed by atoms with Crippen molar-refractivity contribution in [2.75, 3.05) is 6.54 Å². The lowest BCUT2D eigenvalue weighted by Crippen LogP contribution is -2.38. The molecular weight excluding hydrogens is 436 g/mol. The highest BCUT2D eigenvalue weighted by atomic mass is 16.6. The summed E-state index contributed by atoms with van der Waals surface area (Å²) in [5, 5.41) is 17.3. The van der Waals surface area contributed by atoms with Gasteiger partial charge in [-0.3, -0.25) is 24.7 Å². The molecule has 178 valence electrons. The van der Waals surface area contributed by atoms with E-state index in [0.717, 1.165) is 16.8 Å². The van der Waals surface area contributed by atoms with E-state index >= 15 is 0 Å². The number of esters is 1. The molecule has 0 radical (unpaired) electrons. The Morgan fingerprint density at radius 3 is 2.53 bits per heavy atom. The molecule has 0 bridgehead atoms. The summed E-state index contributed by atoms with van der Waals surface area (Å²) in [7, 11) is 0. The number of hydrogen-bond acceptors (Lipinski definition) is 7. The molecule has 9 nitrogen and oxygen atoms in total. The second kappa shape index (κ2) is 9.86. The molecule has 1 aliphatic heterocycles. The van der Waals surface area contributed by atoms with Gasteiger partial charge in [-0.05, 0) is 57.4 Å². The SMILES string of the molecule is CC1=C(C(=O)NCC(=O)OC(C)(C)C)C(c2cccc([N+](=O)[O-])c2)C(c2cccnc2)=C(C)N1. The average molecular weight is 465 g/mol. The van der Waals surface area contributed by atoms with Gasteiger partial charge in [0.25, 0.3) is 5.69 Å². The zero-order valence-electron chi connectivity index (χ0n) is 19.8. The largest absolute Gasteiger partial charge is 0.459 e. The Kier molecular flexibility index (Phi) is 7.14. The molecule has 0 saturated heterocycles. The number of dihydropyridines is 1. The van der Waals surface area contributed by atoms with E-state index in [-0.39, 0.29) is 12.2 Å². The normalized spacial score (nSPS) is 16.1. The van der Waals surface area contributed by atoms with Crippen molar-refractivity contribution in [1.82, 2.24) is 15.6 Å². The molecule has 0 aliphatic carbocycles. The van der Waals surface area contributed by atoms with E-state index < -0.39 is 28.3 Å². The lowest BCUT2D eigenvalue weighted by molar-refractivity contribution is -0.384. The fraction of sp³-hybridized carbons (Fsp3) is 0.320. The summed E-state index contributed by atoms with van der Waals surface area (Å²) in [6.45, 7) is 8.57. The predicted molar refractivity (Wildman–Crippen MR) is 127 cm³/mol. The number of hydrogen-bond donors (Lipinski definition) is 2. The summed E-state index contributed by atoms with van der Waals surface area (Å²) in [4.78, 5) is 40.7. The summed E-state index contributed by atoms with van der Waals surface area (Å²) >= 11 is 0. The Labute approximate surface area is 198 Å². The van der Waals surface area contributed by atoms with Crippen LogP contribution in [-0.2, 0) is 14.3 Å². The number of non-ortho nitro benzene ring substituents is 1. The molecule has 2 aromatic rings. The van der Waals surface area contributed by atoms with Crippen molar-refractivity contribution in [3.8, 4) is 0 Å².